The van der Waals surface area contributed by atoms with Crippen molar-refractivity contribution in [2.45, 2.75) is 58.6 Å². The molecule has 0 heterocycles. The van der Waals surface area contributed by atoms with Crippen LogP contribution in [-0.4, -0.2) is 27.1 Å². The maximum atomic E-state index is 12.5. The molecule has 0 aliphatic rings. The van der Waals surface area contributed by atoms with Crippen molar-refractivity contribution >= 4 is 10.0 Å². The third-order valence-electron chi connectivity index (χ3n) is 3.40. The molecule has 0 radical (unpaired) electrons. The lowest BCUT2D eigenvalue weighted by molar-refractivity contribution is 0.240. The molecule has 0 amide bonds. The Hall–Kier alpha value is -1.11. The average Bonchev–Trinajstić information content (AvgIpc) is 2.36. The van der Waals surface area contributed by atoms with Gasteiger partial charge in [-0.15, -0.1) is 0 Å². The molecule has 1 rings (SSSR count). The van der Waals surface area contributed by atoms with Gasteiger partial charge < -0.3 is 10.5 Å². The van der Waals surface area contributed by atoms with E-state index in [1.807, 2.05) is 41.5 Å². The van der Waals surface area contributed by atoms with Crippen LogP contribution in [0.15, 0.2) is 23.1 Å². The first kappa shape index (κ1) is 18.9. The van der Waals surface area contributed by atoms with Gasteiger partial charge in [-0.1, -0.05) is 20.8 Å². The molecule has 0 saturated carbocycles. The van der Waals surface area contributed by atoms with Crippen molar-refractivity contribution < 1.29 is 13.2 Å². The quantitative estimate of drug-likeness (QED) is 0.840. The number of benzene rings is 1. The largest absolute Gasteiger partial charge is 0.491 e. The van der Waals surface area contributed by atoms with Crippen LogP contribution in [0, 0.1) is 12.3 Å². The number of sulfonamides is 1. The van der Waals surface area contributed by atoms with Crippen molar-refractivity contribution in [1.29, 1.82) is 0 Å². The maximum absolute atomic E-state index is 12.5. The maximum Gasteiger partial charge on any atom is 0.240 e. The topological polar surface area (TPSA) is 81.4 Å². The van der Waals surface area contributed by atoms with Gasteiger partial charge in [0.05, 0.1) is 11.0 Å². The van der Waals surface area contributed by atoms with E-state index in [1.54, 1.807) is 18.2 Å². The fourth-order valence-corrected chi connectivity index (χ4v) is 3.55. The minimum atomic E-state index is -3.61. The Kier molecular flexibility index (Phi) is 6.01. The van der Waals surface area contributed by atoms with Gasteiger partial charge in [0.15, 0.2) is 0 Å². The molecule has 1 atom stereocenters. The van der Waals surface area contributed by atoms with Gasteiger partial charge >= 0.3 is 0 Å². The van der Waals surface area contributed by atoms with Gasteiger partial charge in [-0.25, -0.2) is 13.1 Å². The Morgan fingerprint density at radius 3 is 2.27 bits per heavy atom. The molecule has 0 spiro atoms. The predicted octanol–water partition coefficient (Wildman–Crippen LogP) is 2.43. The molecule has 1 aromatic carbocycles. The van der Waals surface area contributed by atoms with Crippen LogP contribution in [0.3, 0.4) is 0 Å². The SMILES string of the molecule is Cc1cc(S(=O)(=O)NC(CN)C(C)(C)C)ccc1OC(C)C. The van der Waals surface area contributed by atoms with Gasteiger partial charge in [-0.05, 0) is 49.9 Å². The Bertz CT molecular complexity index is 604. The molecule has 6 heteroatoms. The number of aryl methyl sites for hydroxylation is 1. The summed E-state index contributed by atoms with van der Waals surface area (Å²) < 4.78 is 33.4. The highest BCUT2D eigenvalue weighted by atomic mass is 32.2. The standard InChI is InChI=1S/C16H28N2O3S/c1-11(2)21-14-8-7-13(9-12(14)3)22(19,20)18-15(10-17)16(4,5)6/h7-9,11,15,18H,10,17H2,1-6H3. The number of rotatable bonds is 6. The van der Waals surface area contributed by atoms with Crippen molar-refractivity contribution in [2.24, 2.45) is 11.1 Å². The zero-order chi connectivity index (χ0) is 17.1. The van der Waals surface area contributed by atoms with Crippen molar-refractivity contribution in [3.8, 4) is 5.75 Å². The zero-order valence-corrected chi connectivity index (χ0v) is 15.1. The highest BCUT2D eigenvalue weighted by molar-refractivity contribution is 7.89. The van der Waals surface area contributed by atoms with Crippen LogP contribution in [0.2, 0.25) is 0 Å². The van der Waals surface area contributed by atoms with Gasteiger partial charge in [0.25, 0.3) is 0 Å². The van der Waals surface area contributed by atoms with Crippen LogP contribution < -0.4 is 15.2 Å². The molecule has 0 aromatic heterocycles. The number of hydrogen-bond donors (Lipinski definition) is 2. The van der Waals surface area contributed by atoms with E-state index in [0.29, 0.717) is 5.75 Å². The Morgan fingerprint density at radius 1 is 1.27 bits per heavy atom. The molecule has 3 N–H and O–H groups in total. The van der Waals surface area contributed by atoms with Crippen LogP contribution in [0.4, 0.5) is 0 Å². The molecule has 0 bridgehead atoms. The molecule has 0 aliphatic heterocycles. The molecule has 0 fully saturated rings. The van der Waals surface area contributed by atoms with Gasteiger partial charge in [0.1, 0.15) is 5.75 Å². The highest BCUT2D eigenvalue weighted by Gasteiger charge is 2.28. The molecule has 5 nitrogen and oxygen atoms in total. The van der Waals surface area contributed by atoms with E-state index in [-0.39, 0.29) is 29.0 Å². The molecule has 0 saturated heterocycles. The molecule has 0 aliphatic carbocycles. The summed E-state index contributed by atoms with van der Waals surface area (Å²) in [5, 5.41) is 0. The summed E-state index contributed by atoms with van der Waals surface area (Å²) in [5.74, 6) is 0.695. The highest BCUT2D eigenvalue weighted by Crippen LogP contribution is 2.25. The number of hydrogen-bond acceptors (Lipinski definition) is 4. The van der Waals surface area contributed by atoms with Crippen molar-refractivity contribution in [2.75, 3.05) is 6.54 Å². The van der Waals surface area contributed by atoms with Crippen molar-refractivity contribution in [3.05, 3.63) is 23.8 Å². The molecule has 1 unspecified atom stereocenters. The minimum absolute atomic E-state index is 0.0433. The first-order valence-electron chi connectivity index (χ1n) is 7.47. The van der Waals surface area contributed by atoms with Crippen LogP contribution in [-0.2, 0) is 10.0 Å². The lowest BCUT2D eigenvalue weighted by Gasteiger charge is -2.30. The summed E-state index contributed by atoms with van der Waals surface area (Å²) in [4.78, 5) is 0.226. The van der Waals surface area contributed by atoms with Crippen LogP contribution in [0.25, 0.3) is 0 Å². The minimum Gasteiger partial charge on any atom is -0.491 e. The van der Waals surface area contributed by atoms with E-state index >= 15 is 0 Å². The first-order valence-corrected chi connectivity index (χ1v) is 8.95. The summed E-state index contributed by atoms with van der Waals surface area (Å²) in [6, 6.07) is 4.54. The summed E-state index contributed by atoms with van der Waals surface area (Å²) >= 11 is 0. The smallest absolute Gasteiger partial charge is 0.240 e. The van der Waals surface area contributed by atoms with Crippen LogP contribution >= 0.6 is 0 Å². The third kappa shape index (κ3) is 4.97. The Balaban J connectivity index is 3.06. The fraction of sp³-hybridized carbons (Fsp3) is 0.625. The number of nitrogens with two attached hydrogens (primary N) is 1. The van der Waals surface area contributed by atoms with E-state index in [2.05, 4.69) is 4.72 Å². The summed E-state index contributed by atoms with van der Waals surface area (Å²) in [5.41, 5.74) is 6.24. The third-order valence-corrected chi connectivity index (χ3v) is 4.87. The Labute approximate surface area is 134 Å². The summed E-state index contributed by atoms with van der Waals surface area (Å²) in [7, 11) is -3.61. The van der Waals surface area contributed by atoms with E-state index in [9.17, 15) is 8.42 Å². The van der Waals surface area contributed by atoms with Gasteiger partial charge in [-0.3, -0.25) is 0 Å². The second kappa shape index (κ2) is 6.98. The second-order valence-electron chi connectivity index (χ2n) is 6.87. The van der Waals surface area contributed by atoms with E-state index in [1.165, 1.54) is 0 Å². The molecular weight excluding hydrogens is 300 g/mol. The Morgan fingerprint density at radius 2 is 1.86 bits per heavy atom. The normalized spacial score (nSPS) is 14.2. The monoisotopic (exact) mass is 328 g/mol. The van der Waals surface area contributed by atoms with Crippen LogP contribution in [0.5, 0.6) is 5.75 Å². The van der Waals surface area contributed by atoms with Gasteiger partial charge in [0, 0.05) is 12.6 Å². The summed E-state index contributed by atoms with van der Waals surface area (Å²) in [6.45, 7) is 11.8. The van der Waals surface area contributed by atoms with E-state index < -0.39 is 10.0 Å². The molecule has 126 valence electrons. The number of ether oxygens (including phenoxy) is 1. The number of nitrogens with one attached hydrogen (secondary N) is 1. The second-order valence-corrected chi connectivity index (χ2v) is 8.58. The van der Waals surface area contributed by atoms with Crippen molar-refractivity contribution in [1.82, 2.24) is 4.72 Å². The predicted molar refractivity (Wildman–Crippen MR) is 89.6 cm³/mol. The molecule has 1 aromatic rings. The van der Waals surface area contributed by atoms with E-state index in [4.69, 9.17) is 10.5 Å². The lowest BCUT2D eigenvalue weighted by atomic mass is 9.88. The van der Waals surface area contributed by atoms with Crippen LogP contribution in [0.1, 0.15) is 40.2 Å². The van der Waals surface area contributed by atoms with E-state index in [0.717, 1.165) is 5.56 Å². The lowest BCUT2D eigenvalue weighted by Crippen LogP contribution is -2.48. The zero-order valence-electron chi connectivity index (χ0n) is 14.3. The molecular formula is C16H28N2O3S. The van der Waals surface area contributed by atoms with Gasteiger partial charge in [0.2, 0.25) is 10.0 Å². The van der Waals surface area contributed by atoms with Crippen molar-refractivity contribution in [3.63, 3.8) is 0 Å². The van der Waals surface area contributed by atoms with Gasteiger partial charge in [-0.2, -0.15) is 0 Å². The molecule has 22 heavy (non-hydrogen) atoms. The first-order chi connectivity index (χ1) is 9.97. The fourth-order valence-electron chi connectivity index (χ4n) is 2.01. The summed E-state index contributed by atoms with van der Waals surface area (Å²) in [6.07, 6.45) is 0.0433. The average molecular weight is 328 g/mol.